The molecule has 7 heteroatoms. The number of amides is 1. The van der Waals surface area contributed by atoms with Gasteiger partial charge < -0.3 is 5.32 Å². The van der Waals surface area contributed by atoms with Gasteiger partial charge in [0, 0.05) is 30.9 Å². The van der Waals surface area contributed by atoms with Crippen LogP contribution in [0.2, 0.25) is 0 Å². The van der Waals surface area contributed by atoms with Gasteiger partial charge in [-0.1, -0.05) is 31.0 Å². The molecule has 0 aliphatic heterocycles. The maximum Gasteiger partial charge on any atom is 0.252 e. The maximum atomic E-state index is 12.8. The van der Waals surface area contributed by atoms with Gasteiger partial charge in [0.05, 0.1) is 10.5 Å². The molecule has 1 fully saturated rings. The molecule has 0 atom stereocenters. The molecule has 0 spiro atoms. The summed E-state index contributed by atoms with van der Waals surface area (Å²) in [5.74, 6) is 0.0796. The molecule has 1 heterocycles. The van der Waals surface area contributed by atoms with E-state index in [1.807, 2.05) is 26.0 Å². The number of carbonyl (C=O) groups is 1. The Kier molecular flexibility index (Phi) is 6.46. The van der Waals surface area contributed by atoms with Crippen molar-refractivity contribution in [3.63, 3.8) is 0 Å². The van der Waals surface area contributed by atoms with Crippen molar-refractivity contribution in [2.24, 2.45) is 0 Å². The molecule has 0 radical (unpaired) electrons. The first-order chi connectivity index (χ1) is 13.4. The summed E-state index contributed by atoms with van der Waals surface area (Å²) >= 11 is 0. The average Bonchev–Trinajstić information content (AvgIpc) is 3.51. The minimum absolute atomic E-state index is 0.0142. The summed E-state index contributed by atoms with van der Waals surface area (Å²) in [6.45, 7) is 4.51. The Morgan fingerprint density at radius 2 is 2.04 bits per heavy atom. The Morgan fingerprint density at radius 1 is 1.25 bits per heavy atom. The Bertz CT molecular complexity index is 953. The van der Waals surface area contributed by atoms with Crippen LogP contribution in [0, 0.1) is 6.92 Å². The first-order valence-corrected chi connectivity index (χ1v) is 11.2. The zero-order chi connectivity index (χ0) is 20.1. The van der Waals surface area contributed by atoms with Gasteiger partial charge in [-0.25, -0.2) is 13.1 Å². The zero-order valence-corrected chi connectivity index (χ0v) is 17.2. The molecule has 1 saturated carbocycles. The third-order valence-corrected chi connectivity index (χ3v) is 6.34. The van der Waals surface area contributed by atoms with Crippen molar-refractivity contribution in [3.8, 4) is 0 Å². The molecular formula is C21H27N3O3S. The summed E-state index contributed by atoms with van der Waals surface area (Å²) < 4.78 is 27.9. The van der Waals surface area contributed by atoms with Gasteiger partial charge in [-0.15, -0.1) is 0 Å². The number of nitrogens with one attached hydrogen (secondary N) is 2. The van der Waals surface area contributed by atoms with Gasteiger partial charge >= 0.3 is 0 Å². The van der Waals surface area contributed by atoms with Crippen LogP contribution in [0.4, 0.5) is 0 Å². The van der Waals surface area contributed by atoms with E-state index in [1.54, 1.807) is 18.3 Å². The Balaban J connectivity index is 1.79. The third kappa shape index (κ3) is 4.97. The smallest absolute Gasteiger partial charge is 0.252 e. The van der Waals surface area contributed by atoms with Crippen LogP contribution in [-0.2, 0) is 16.6 Å². The van der Waals surface area contributed by atoms with Crippen LogP contribution in [0.5, 0.6) is 0 Å². The van der Waals surface area contributed by atoms with Crippen LogP contribution in [0.3, 0.4) is 0 Å². The van der Waals surface area contributed by atoms with Crippen molar-refractivity contribution < 1.29 is 13.2 Å². The molecule has 150 valence electrons. The number of sulfonamides is 1. The molecule has 1 aromatic heterocycles. The summed E-state index contributed by atoms with van der Waals surface area (Å²) in [6.07, 6.45) is 5.66. The Morgan fingerprint density at radius 3 is 2.75 bits per heavy atom. The van der Waals surface area contributed by atoms with Crippen LogP contribution in [0.1, 0.15) is 65.7 Å². The van der Waals surface area contributed by atoms with E-state index in [4.69, 9.17) is 0 Å². The molecule has 1 aliphatic rings. The number of hydrogen-bond acceptors (Lipinski definition) is 4. The van der Waals surface area contributed by atoms with Gasteiger partial charge in [0.25, 0.3) is 5.91 Å². The summed E-state index contributed by atoms with van der Waals surface area (Å²) in [6, 6.07) is 8.64. The standard InChI is InChI=1S/C21H27N3O3S/c1-3-4-12-24-28(26,27)19-10-7-15(2)13-18(19)21(25)23-14-17-6-5-11-22-20(17)16-8-9-16/h5-7,10-11,13,16,24H,3-4,8-9,12,14H2,1-2H3,(H,23,25). The molecule has 0 saturated heterocycles. The topological polar surface area (TPSA) is 88.2 Å². The van der Waals surface area contributed by atoms with E-state index in [-0.39, 0.29) is 10.5 Å². The minimum Gasteiger partial charge on any atom is -0.348 e. The number of carbonyl (C=O) groups excluding carboxylic acids is 1. The number of nitrogens with zero attached hydrogens (tertiary/aromatic N) is 1. The van der Waals surface area contributed by atoms with Crippen LogP contribution in [0.25, 0.3) is 0 Å². The van der Waals surface area contributed by atoms with Crippen LogP contribution < -0.4 is 10.0 Å². The van der Waals surface area contributed by atoms with Gasteiger partial charge in [0.2, 0.25) is 10.0 Å². The maximum absolute atomic E-state index is 12.8. The molecule has 3 rings (SSSR count). The lowest BCUT2D eigenvalue weighted by Gasteiger charge is -2.13. The first kappa shape index (κ1) is 20.5. The van der Waals surface area contributed by atoms with Crippen LogP contribution >= 0.6 is 0 Å². The molecule has 0 unspecified atom stereocenters. The second-order valence-corrected chi connectivity index (χ2v) is 8.99. The van der Waals surface area contributed by atoms with Gasteiger partial charge in [0.1, 0.15) is 0 Å². The van der Waals surface area contributed by atoms with Crippen molar-refractivity contribution in [2.75, 3.05) is 6.54 Å². The van der Waals surface area contributed by atoms with Crippen molar-refractivity contribution >= 4 is 15.9 Å². The SMILES string of the molecule is CCCCNS(=O)(=O)c1ccc(C)cc1C(=O)NCc1cccnc1C1CC1. The van der Waals surface area contributed by atoms with Crippen molar-refractivity contribution in [1.82, 2.24) is 15.0 Å². The predicted octanol–water partition coefficient (Wildman–Crippen LogP) is 3.28. The quantitative estimate of drug-likeness (QED) is 0.631. The summed E-state index contributed by atoms with van der Waals surface area (Å²) in [7, 11) is -3.74. The number of aromatic nitrogens is 1. The van der Waals surface area contributed by atoms with Gasteiger partial charge in [-0.05, 0) is 49.9 Å². The van der Waals surface area contributed by atoms with Crippen LogP contribution in [0.15, 0.2) is 41.4 Å². The molecule has 1 amide bonds. The lowest BCUT2D eigenvalue weighted by atomic mass is 10.1. The van der Waals surface area contributed by atoms with E-state index in [9.17, 15) is 13.2 Å². The molecule has 0 bridgehead atoms. The Hall–Kier alpha value is -2.25. The van der Waals surface area contributed by atoms with E-state index < -0.39 is 15.9 Å². The zero-order valence-electron chi connectivity index (χ0n) is 16.4. The molecule has 1 aromatic carbocycles. The van der Waals surface area contributed by atoms with E-state index in [2.05, 4.69) is 15.0 Å². The molecule has 6 nitrogen and oxygen atoms in total. The molecule has 1 aliphatic carbocycles. The van der Waals surface area contributed by atoms with Gasteiger partial charge in [-0.2, -0.15) is 0 Å². The molecule has 2 aromatic rings. The summed E-state index contributed by atoms with van der Waals surface area (Å²) in [4.78, 5) is 17.3. The molecular weight excluding hydrogens is 374 g/mol. The lowest BCUT2D eigenvalue weighted by molar-refractivity contribution is 0.0947. The summed E-state index contributed by atoms with van der Waals surface area (Å²) in [5, 5.41) is 2.87. The summed E-state index contributed by atoms with van der Waals surface area (Å²) in [5.41, 5.74) is 3.01. The number of hydrogen-bond donors (Lipinski definition) is 2. The monoisotopic (exact) mass is 401 g/mol. The first-order valence-electron chi connectivity index (χ1n) is 9.74. The fourth-order valence-corrected chi connectivity index (χ4v) is 4.37. The second-order valence-electron chi connectivity index (χ2n) is 7.26. The van der Waals surface area contributed by atoms with Crippen LogP contribution in [-0.4, -0.2) is 25.9 Å². The van der Waals surface area contributed by atoms with E-state index in [0.29, 0.717) is 19.0 Å². The second kappa shape index (κ2) is 8.84. The number of pyridine rings is 1. The van der Waals surface area contributed by atoms with Crippen molar-refractivity contribution in [1.29, 1.82) is 0 Å². The number of benzene rings is 1. The largest absolute Gasteiger partial charge is 0.348 e. The third-order valence-electron chi connectivity index (χ3n) is 4.82. The highest BCUT2D eigenvalue weighted by Gasteiger charge is 2.27. The number of unbranched alkanes of at least 4 members (excludes halogenated alkanes) is 1. The fraction of sp³-hybridized carbons (Fsp3) is 0.429. The minimum atomic E-state index is -3.74. The number of aryl methyl sites for hydroxylation is 1. The lowest BCUT2D eigenvalue weighted by Crippen LogP contribution is -2.30. The fourth-order valence-electron chi connectivity index (χ4n) is 3.11. The molecule has 28 heavy (non-hydrogen) atoms. The highest BCUT2D eigenvalue weighted by molar-refractivity contribution is 7.89. The average molecular weight is 402 g/mol. The van der Waals surface area contributed by atoms with Crippen molar-refractivity contribution in [2.45, 2.75) is 56.9 Å². The normalized spacial score (nSPS) is 14.1. The van der Waals surface area contributed by atoms with E-state index in [1.165, 1.54) is 6.07 Å². The van der Waals surface area contributed by atoms with Gasteiger partial charge in [0.15, 0.2) is 0 Å². The van der Waals surface area contributed by atoms with Gasteiger partial charge in [-0.3, -0.25) is 9.78 Å². The predicted molar refractivity (Wildman–Crippen MR) is 109 cm³/mol. The van der Waals surface area contributed by atoms with E-state index in [0.717, 1.165) is 42.5 Å². The highest BCUT2D eigenvalue weighted by atomic mass is 32.2. The molecule has 2 N–H and O–H groups in total. The van der Waals surface area contributed by atoms with Crippen molar-refractivity contribution in [3.05, 3.63) is 58.9 Å². The highest BCUT2D eigenvalue weighted by Crippen LogP contribution is 2.40. The van der Waals surface area contributed by atoms with E-state index >= 15 is 0 Å². The number of rotatable bonds is 9. The Labute approximate surface area is 166 Å².